The summed E-state index contributed by atoms with van der Waals surface area (Å²) in [5, 5.41) is 4.18. The second kappa shape index (κ2) is 8.29. The van der Waals surface area contributed by atoms with Crippen molar-refractivity contribution >= 4 is 23.3 Å². The molecular weight excluding hydrogens is 413 g/mol. The topological polar surface area (TPSA) is 104 Å². The summed E-state index contributed by atoms with van der Waals surface area (Å²) in [5.74, 6) is 0.530. The van der Waals surface area contributed by atoms with Gasteiger partial charge in [0.25, 0.3) is 5.91 Å². The van der Waals surface area contributed by atoms with E-state index in [1.807, 2.05) is 11.8 Å². The van der Waals surface area contributed by atoms with Crippen molar-refractivity contribution in [3.63, 3.8) is 0 Å². The number of halogens is 1. The standard InChI is InChI=1S/C23H28FN5O3/c1-14-19-16(26-27-22(25)31)12-23(2,3)13-18(19)32-20(14)21(30)29-10-8-28(9-11-29)17-7-5-4-6-15(17)24/h4-7H,8-13H2,1-3H3,(H3,25,27,31)/b26-16-. The smallest absolute Gasteiger partial charge is 0.332 e. The van der Waals surface area contributed by atoms with Gasteiger partial charge in [-0.15, -0.1) is 0 Å². The van der Waals surface area contributed by atoms with E-state index in [0.29, 0.717) is 67.5 Å². The first-order valence-electron chi connectivity index (χ1n) is 10.7. The average Bonchev–Trinajstić information content (AvgIpc) is 3.07. The molecule has 1 aromatic carbocycles. The fraction of sp³-hybridized carbons (Fsp3) is 0.435. The Morgan fingerprint density at radius 2 is 1.84 bits per heavy atom. The van der Waals surface area contributed by atoms with E-state index in [1.54, 1.807) is 23.1 Å². The number of urea groups is 1. The molecule has 1 saturated heterocycles. The van der Waals surface area contributed by atoms with Crippen LogP contribution >= 0.6 is 0 Å². The summed E-state index contributed by atoms with van der Waals surface area (Å²) >= 11 is 0. The lowest BCUT2D eigenvalue weighted by atomic mass is 9.75. The van der Waals surface area contributed by atoms with Crippen molar-refractivity contribution in [1.29, 1.82) is 0 Å². The molecule has 1 fully saturated rings. The van der Waals surface area contributed by atoms with Crippen LogP contribution in [0.3, 0.4) is 0 Å². The lowest BCUT2D eigenvalue weighted by Crippen LogP contribution is -2.49. The molecule has 2 aliphatic rings. The van der Waals surface area contributed by atoms with Crippen LogP contribution < -0.4 is 16.1 Å². The van der Waals surface area contributed by atoms with E-state index in [-0.39, 0.29) is 17.1 Å². The number of piperazine rings is 1. The summed E-state index contributed by atoms with van der Waals surface area (Å²) < 4.78 is 20.2. The summed E-state index contributed by atoms with van der Waals surface area (Å²) in [5.41, 5.74) is 10.0. The van der Waals surface area contributed by atoms with Crippen LogP contribution in [0.25, 0.3) is 0 Å². The maximum Gasteiger partial charge on any atom is 0.332 e. The normalized spacial score (nSPS) is 19.1. The van der Waals surface area contributed by atoms with Crippen molar-refractivity contribution < 1.29 is 18.4 Å². The molecule has 2 aromatic rings. The van der Waals surface area contributed by atoms with Crippen molar-refractivity contribution in [2.45, 2.75) is 33.6 Å². The molecule has 3 amide bonds. The summed E-state index contributed by atoms with van der Waals surface area (Å²) in [6.45, 7) is 8.00. The number of primary amides is 1. The van der Waals surface area contributed by atoms with Crippen molar-refractivity contribution in [2.75, 3.05) is 31.1 Å². The lowest BCUT2D eigenvalue weighted by molar-refractivity contribution is 0.0710. The van der Waals surface area contributed by atoms with E-state index in [9.17, 15) is 14.0 Å². The molecule has 1 aliphatic carbocycles. The van der Waals surface area contributed by atoms with E-state index in [0.717, 1.165) is 5.56 Å². The SMILES string of the molecule is Cc1c(C(=O)N2CCN(c3ccccc3F)CC2)oc2c1/C(=N\NC(N)=O)CC(C)(C)C2. The number of amides is 3. The van der Waals surface area contributed by atoms with Gasteiger partial charge >= 0.3 is 6.03 Å². The number of anilines is 1. The predicted octanol–water partition coefficient (Wildman–Crippen LogP) is 3.03. The van der Waals surface area contributed by atoms with Crippen LogP contribution in [-0.4, -0.2) is 48.7 Å². The second-order valence-electron chi connectivity index (χ2n) is 9.14. The van der Waals surface area contributed by atoms with Crippen molar-refractivity contribution in [2.24, 2.45) is 16.3 Å². The van der Waals surface area contributed by atoms with Gasteiger partial charge in [0, 0.05) is 43.7 Å². The van der Waals surface area contributed by atoms with Crippen LogP contribution in [0.2, 0.25) is 0 Å². The van der Waals surface area contributed by atoms with Crippen LogP contribution in [-0.2, 0) is 6.42 Å². The van der Waals surface area contributed by atoms with E-state index >= 15 is 0 Å². The van der Waals surface area contributed by atoms with Gasteiger partial charge in [-0.3, -0.25) is 4.79 Å². The van der Waals surface area contributed by atoms with Crippen molar-refractivity contribution in [3.05, 3.63) is 52.7 Å². The van der Waals surface area contributed by atoms with Gasteiger partial charge in [0.05, 0.1) is 11.4 Å². The number of furan rings is 1. The molecule has 0 unspecified atom stereocenters. The molecule has 0 saturated carbocycles. The molecule has 170 valence electrons. The maximum atomic E-state index is 14.1. The van der Waals surface area contributed by atoms with Crippen molar-refractivity contribution in [3.8, 4) is 0 Å². The molecule has 0 bridgehead atoms. The van der Waals surface area contributed by atoms with Gasteiger partial charge in [-0.1, -0.05) is 26.0 Å². The Morgan fingerprint density at radius 1 is 1.16 bits per heavy atom. The highest BCUT2D eigenvalue weighted by Crippen LogP contribution is 2.39. The quantitative estimate of drug-likeness (QED) is 0.715. The molecule has 0 spiro atoms. The third-order valence-electron chi connectivity index (χ3n) is 6.05. The van der Waals surface area contributed by atoms with Gasteiger partial charge in [0.15, 0.2) is 5.76 Å². The third-order valence-corrected chi connectivity index (χ3v) is 6.05. The monoisotopic (exact) mass is 441 g/mol. The van der Waals surface area contributed by atoms with Gasteiger partial charge in [-0.05, 0) is 30.9 Å². The first-order valence-corrected chi connectivity index (χ1v) is 10.7. The lowest BCUT2D eigenvalue weighted by Gasteiger charge is -2.35. The maximum absolute atomic E-state index is 14.1. The largest absolute Gasteiger partial charge is 0.455 e. The molecule has 1 aromatic heterocycles. The van der Waals surface area contributed by atoms with Crippen molar-refractivity contribution in [1.82, 2.24) is 10.3 Å². The molecule has 4 rings (SSSR count). The summed E-state index contributed by atoms with van der Waals surface area (Å²) in [6.07, 6.45) is 1.28. The van der Waals surface area contributed by atoms with Gasteiger partial charge in [-0.25, -0.2) is 14.6 Å². The Kier molecular flexibility index (Phi) is 5.66. The van der Waals surface area contributed by atoms with Gasteiger partial charge in [0.1, 0.15) is 11.6 Å². The zero-order chi connectivity index (χ0) is 23.0. The number of para-hydroxylation sites is 1. The Hall–Kier alpha value is -3.36. The molecule has 8 nitrogen and oxygen atoms in total. The summed E-state index contributed by atoms with van der Waals surface area (Å²) in [4.78, 5) is 28.1. The number of rotatable bonds is 3. The van der Waals surface area contributed by atoms with Crippen LogP contribution in [0.4, 0.5) is 14.9 Å². The Labute approximate surface area is 186 Å². The fourth-order valence-corrected chi connectivity index (χ4v) is 4.54. The summed E-state index contributed by atoms with van der Waals surface area (Å²) in [6, 6.07) is 5.92. The number of nitrogens with one attached hydrogen (secondary N) is 1. The highest BCUT2D eigenvalue weighted by molar-refractivity contribution is 6.07. The number of nitrogens with two attached hydrogens (primary N) is 1. The number of hydrogen-bond acceptors (Lipinski definition) is 5. The number of benzene rings is 1. The Balaban J connectivity index is 1.55. The zero-order valence-corrected chi connectivity index (χ0v) is 18.6. The minimum Gasteiger partial charge on any atom is -0.455 e. The molecule has 9 heteroatoms. The number of fused-ring (bicyclic) bond motifs is 1. The Morgan fingerprint density at radius 3 is 2.50 bits per heavy atom. The number of carbonyl (C=O) groups is 2. The molecule has 32 heavy (non-hydrogen) atoms. The summed E-state index contributed by atoms with van der Waals surface area (Å²) in [7, 11) is 0. The third kappa shape index (κ3) is 4.19. The molecular formula is C23H28FN5O3. The highest BCUT2D eigenvalue weighted by atomic mass is 19.1. The van der Waals surface area contributed by atoms with Crippen LogP contribution in [0, 0.1) is 18.2 Å². The first kappa shape index (κ1) is 21.9. The molecule has 3 N–H and O–H groups in total. The number of nitrogens with zero attached hydrogens (tertiary/aromatic N) is 3. The van der Waals surface area contributed by atoms with Crippen LogP contribution in [0.1, 0.15) is 47.7 Å². The van der Waals surface area contributed by atoms with Gasteiger partial charge in [-0.2, -0.15) is 5.10 Å². The molecule has 1 aliphatic heterocycles. The fourth-order valence-electron chi connectivity index (χ4n) is 4.54. The number of hydrazone groups is 1. The van der Waals surface area contributed by atoms with E-state index in [2.05, 4.69) is 24.4 Å². The van der Waals surface area contributed by atoms with E-state index in [1.165, 1.54) is 6.07 Å². The van der Waals surface area contributed by atoms with Gasteiger partial charge < -0.3 is 20.0 Å². The minimum absolute atomic E-state index is 0.138. The Bertz CT molecular complexity index is 1080. The van der Waals surface area contributed by atoms with Crippen LogP contribution in [0.15, 0.2) is 33.8 Å². The van der Waals surface area contributed by atoms with Crippen LogP contribution in [0.5, 0.6) is 0 Å². The predicted molar refractivity (Wildman–Crippen MR) is 119 cm³/mol. The minimum atomic E-state index is -0.743. The molecule has 0 atom stereocenters. The average molecular weight is 442 g/mol. The second-order valence-corrected chi connectivity index (χ2v) is 9.14. The van der Waals surface area contributed by atoms with Gasteiger partial charge in [0.2, 0.25) is 0 Å². The molecule has 2 heterocycles. The molecule has 0 radical (unpaired) electrons. The zero-order valence-electron chi connectivity index (χ0n) is 18.6. The van der Waals surface area contributed by atoms with E-state index in [4.69, 9.17) is 10.2 Å². The number of carbonyl (C=O) groups excluding carboxylic acids is 2. The first-order chi connectivity index (χ1) is 15.2. The highest BCUT2D eigenvalue weighted by Gasteiger charge is 2.37. The van der Waals surface area contributed by atoms with E-state index < -0.39 is 6.03 Å². The number of hydrogen-bond donors (Lipinski definition) is 2.